The van der Waals surface area contributed by atoms with E-state index < -0.39 is 0 Å². The smallest absolute Gasteiger partial charge is 0.139 e. The zero-order valence-electron chi connectivity index (χ0n) is 11.6. The van der Waals surface area contributed by atoms with Crippen LogP contribution >= 0.6 is 0 Å². The molecule has 0 radical (unpaired) electrons. The van der Waals surface area contributed by atoms with Crippen LogP contribution in [0.4, 0.5) is 0 Å². The van der Waals surface area contributed by atoms with E-state index in [1.807, 2.05) is 0 Å². The molecule has 1 saturated heterocycles. The summed E-state index contributed by atoms with van der Waals surface area (Å²) < 4.78 is 5.98. The average molecular weight is 260 g/mol. The molecule has 1 heterocycles. The van der Waals surface area contributed by atoms with Crippen LogP contribution in [0.2, 0.25) is 0 Å². The summed E-state index contributed by atoms with van der Waals surface area (Å²) in [4.78, 5) is 12.9. The maximum atomic E-state index is 12.9. The van der Waals surface area contributed by atoms with Crippen LogP contribution in [-0.4, -0.2) is 18.0 Å². The van der Waals surface area contributed by atoms with Gasteiger partial charge in [-0.05, 0) is 75.0 Å². The lowest BCUT2D eigenvalue weighted by molar-refractivity contribution is -0.156. The van der Waals surface area contributed by atoms with E-state index in [2.05, 4.69) is 0 Å². The van der Waals surface area contributed by atoms with E-state index in [1.165, 1.54) is 38.5 Å². The molecule has 19 heavy (non-hydrogen) atoms. The van der Waals surface area contributed by atoms with E-state index in [4.69, 9.17) is 4.74 Å². The standard InChI is InChI=1S/C17H24O2/c18-16(12-4-7-19-17(9-12)5-1-6-17)15-13-10-2-3-11(8-10)14(13)15/h10-15H,1-9H2. The zero-order chi connectivity index (χ0) is 12.6. The molecule has 5 unspecified atom stereocenters. The third-order valence-corrected chi connectivity index (χ3v) is 7.22. The minimum Gasteiger partial charge on any atom is -0.375 e. The van der Waals surface area contributed by atoms with Crippen molar-refractivity contribution in [3.8, 4) is 0 Å². The van der Waals surface area contributed by atoms with Crippen LogP contribution in [0.5, 0.6) is 0 Å². The largest absolute Gasteiger partial charge is 0.375 e. The molecule has 0 amide bonds. The van der Waals surface area contributed by atoms with Gasteiger partial charge in [0.05, 0.1) is 5.60 Å². The Hall–Kier alpha value is -0.370. The number of rotatable bonds is 2. The molecule has 2 bridgehead atoms. The molecule has 4 aliphatic carbocycles. The van der Waals surface area contributed by atoms with Crippen molar-refractivity contribution in [1.29, 1.82) is 0 Å². The van der Waals surface area contributed by atoms with Crippen molar-refractivity contribution >= 4 is 5.78 Å². The number of carbonyl (C=O) groups is 1. The fourth-order valence-corrected chi connectivity index (χ4v) is 6.17. The second-order valence-corrected chi connectivity index (χ2v) is 7.99. The Bertz CT molecular complexity index is 409. The maximum Gasteiger partial charge on any atom is 0.139 e. The van der Waals surface area contributed by atoms with Crippen LogP contribution in [0, 0.1) is 35.5 Å². The van der Waals surface area contributed by atoms with Gasteiger partial charge in [0.1, 0.15) is 5.78 Å². The lowest BCUT2D eigenvalue weighted by Crippen LogP contribution is -2.47. The molecule has 2 heteroatoms. The van der Waals surface area contributed by atoms with Crippen LogP contribution < -0.4 is 0 Å². The molecule has 104 valence electrons. The molecule has 0 aromatic rings. The minimum absolute atomic E-state index is 0.140. The van der Waals surface area contributed by atoms with Gasteiger partial charge >= 0.3 is 0 Å². The predicted octanol–water partition coefficient (Wildman–Crippen LogP) is 3.20. The fourth-order valence-electron chi connectivity index (χ4n) is 6.17. The molecule has 5 atom stereocenters. The van der Waals surface area contributed by atoms with E-state index >= 15 is 0 Å². The van der Waals surface area contributed by atoms with Crippen LogP contribution in [0.25, 0.3) is 0 Å². The molecule has 4 saturated carbocycles. The Balaban J connectivity index is 1.30. The highest BCUT2D eigenvalue weighted by Crippen LogP contribution is 2.70. The summed E-state index contributed by atoms with van der Waals surface area (Å²) in [5.74, 6) is 5.01. The number of fused-ring (bicyclic) bond motifs is 5. The van der Waals surface area contributed by atoms with Crippen molar-refractivity contribution in [1.82, 2.24) is 0 Å². The van der Waals surface area contributed by atoms with Crippen molar-refractivity contribution in [3.63, 3.8) is 0 Å². The van der Waals surface area contributed by atoms with Gasteiger partial charge in [-0.15, -0.1) is 0 Å². The number of ether oxygens (including phenoxy) is 1. The molecule has 2 nitrogen and oxygen atoms in total. The average Bonchev–Trinajstić information content (AvgIpc) is 2.84. The van der Waals surface area contributed by atoms with Crippen LogP contribution in [-0.2, 0) is 9.53 Å². The normalized spacial score (nSPS) is 52.8. The second-order valence-electron chi connectivity index (χ2n) is 7.99. The highest BCUT2D eigenvalue weighted by molar-refractivity contribution is 5.87. The van der Waals surface area contributed by atoms with Gasteiger partial charge in [0, 0.05) is 18.4 Å². The lowest BCUT2D eigenvalue weighted by atomic mass is 9.70. The quantitative estimate of drug-likeness (QED) is 0.762. The Kier molecular flexibility index (Phi) is 2.16. The second kappa shape index (κ2) is 3.63. The molecular weight excluding hydrogens is 236 g/mol. The van der Waals surface area contributed by atoms with Crippen molar-refractivity contribution < 1.29 is 9.53 Å². The number of carbonyl (C=O) groups excluding carboxylic acids is 1. The zero-order valence-corrected chi connectivity index (χ0v) is 11.6. The van der Waals surface area contributed by atoms with Gasteiger partial charge in [-0.25, -0.2) is 0 Å². The summed E-state index contributed by atoms with van der Waals surface area (Å²) in [5.41, 5.74) is 0.140. The molecule has 0 aromatic carbocycles. The number of hydrogen-bond acceptors (Lipinski definition) is 2. The molecule has 5 rings (SSSR count). The van der Waals surface area contributed by atoms with E-state index in [0.717, 1.165) is 43.1 Å². The Morgan fingerprint density at radius 1 is 1.05 bits per heavy atom. The van der Waals surface area contributed by atoms with Crippen molar-refractivity contribution in [2.45, 2.75) is 57.0 Å². The van der Waals surface area contributed by atoms with E-state index in [1.54, 1.807) is 0 Å². The van der Waals surface area contributed by atoms with Gasteiger partial charge in [0.15, 0.2) is 0 Å². The molecule has 5 fully saturated rings. The number of ketones is 1. The van der Waals surface area contributed by atoms with E-state index in [9.17, 15) is 4.79 Å². The molecule has 1 spiro atoms. The molecule has 5 aliphatic rings. The van der Waals surface area contributed by atoms with Crippen molar-refractivity contribution in [2.24, 2.45) is 35.5 Å². The van der Waals surface area contributed by atoms with Crippen molar-refractivity contribution in [2.75, 3.05) is 6.61 Å². The summed E-state index contributed by atoms with van der Waals surface area (Å²) in [6, 6.07) is 0. The third-order valence-electron chi connectivity index (χ3n) is 7.22. The van der Waals surface area contributed by atoms with Crippen LogP contribution in [0.15, 0.2) is 0 Å². The Morgan fingerprint density at radius 3 is 2.42 bits per heavy atom. The molecule has 1 aliphatic heterocycles. The fraction of sp³-hybridized carbons (Fsp3) is 0.941. The first kappa shape index (κ1) is 11.3. The summed E-state index contributed by atoms with van der Waals surface area (Å²) in [6.45, 7) is 0.839. The Morgan fingerprint density at radius 2 is 1.79 bits per heavy atom. The summed E-state index contributed by atoms with van der Waals surface area (Å²) in [6.07, 6.45) is 10.1. The van der Waals surface area contributed by atoms with Crippen LogP contribution in [0.1, 0.15) is 51.4 Å². The van der Waals surface area contributed by atoms with E-state index in [0.29, 0.717) is 17.6 Å². The van der Waals surface area contributed by atoms with E-state index in [-0.39, 0.29) is 5.60 Å². The first-order valence-electron chi connectivity index (χ1n) is 8.45. The minimum atomic E-state index is 0.140. The predicted molar refractivity (Wildman–Crippen MR) is 71.6 cm³/mol. The van der Waals surface area contributed by atoms with Gasteiger partial charge in [-0.1, -0.05) is 0 Å². The van der Waals surface area contributed by atoms with Gasteiger partial charge in [0.25, 0.3) is 0 Å². The lowest BCUT2D eigenvalue weighted by Gasteiger charge is -2.47. The van der Waals surface area contributed by atoms with Gasteiger partial charge in [0.2, 0.25) is 0 Å². The van der Waals surface area contributed by atoms with Crippen LogP contribution in [0.3, 0.4) is 0 Å². The highest BCUT2D eigenvalue weighted by atomic mass is 16.5. The monoisotopic (exact) mass is 260 g/mol. The highest BCUT2D eigenvalue weighted by Gasteiger charge is 2.67. The SMILES string of the molecule is O=C(C1CCOC2(CCC2)C1)C1C2C3CCC(C3)C12. The molecular formula is C17H24O2. The maximum absolute atomic E-state index is 12.9. The third kappa shape index (κ3) is 1.44. The summed E-state index contributed by atoms with van der Waals surface area (Å²) in [5, 5.41) is 0. The first-order chi connectivity index (χ1) is 9.27. The van der Waals surface area contributed by atoms with Gasteiger partial charge in [-0.3, -0.25) is 4.79 Å². The first-order valence-corrected chi connectivity index (χ1v) is 8.45. The number of hydrogen-bond donors (Lipinski definition) is 0. The molecule has 0 aromatic heterocycles. The number of Topliss-reactive ketones (excluding diaryl/α,β-unsaturated/α-hetero) is 1. The van der Waals surface area contributed by atoms with Crippen molar-refractivity contribution in [3.05, 3.63) is 0 Å². The van der Waals surface area contributed by atoms with Gasteiger partial charge < -0.3 is 4.74 Å². The summed E-state index contributed by atoms with van der Waals surface area (Å²) >= 11 is 0. The Labute approximate surface area is 115 Å². The van der Waals surface area contributed by atoms with Gasteiger partial charge in [-0.2, -0.15) is 0 Å². The topological polar surface area (TPSA) is 26.3 Å². The molecule has 0 N–H and O–H groups in total. The summed E-state index contributed by atoms with van der Waals surface area (Å²) in [7, 11) is 0.